The second-order valence-electron chi connectivity index (χ2n) is 5.96. The predicted molar refractivity (Wildman–Crippen MR) is 83.6 cm³/mol. The van der Waals surface area contributed by atoms with Gasteiger partial charge in [-0.3, -0.25) is 4.79 Å². The third-order valence-corrected chi connectivity index (χ3v) is 4.41. The molecule has 1 aromatic carbocycles. The number of anilines is 1. The lowest BCUT2D eigenvalue weighted by atomic mass is 9.90. The number of aryl methyl sites for hydroxylation is 1. The normalized spacial score (nSPS) is 19.0. The predicted octanol–water partition coefficient (Wildman–Crippen LogP) is 2.27. The first-order valence-electron chi connectivity index (χ1n) is 8.06. The van der Waals surface area contributed by atoms with Crippen molar-refractivity contribution in [3.8, 4) is 0 Å². The molecule has 0 bridgehead atoms. The monoisotopic (exact) mass is 288 g/mol. The lowest BCUT2D eigenvalue weighted by molar-refractivity contribution is -0.123. The molecule has 0 spiro atoms. The number of fused-ring (bicyclic) bond motifs is 1. The lowest BCUT2D eigenvalue weighted by Gasteiger charge is -2.23. The number of piperidine rings is 1. The molecule has 0 aromatic heterocycles. The second-order valence-corrected chi connectivity index (χ2v) is 5.96. The van der Waals surface area contributed by atoms with Gasteiger partial charge in [-0.25, -0.2) is 0 Å². The van der Waals surface area contributed by atoms with Crippen molar-refractivity contribution in [3.63, 3.8) is 0 Å². The topological polar surface area (TPSA) is 50.4 Å². The Labute approximate surface area is 126 Å². The second kappa shape index (κ2) is 7.05. The minimum Gasteiger partial charge on any atom is -0.368 e. The van der Waals surface area contributed by atoms with E-state index in [4.69, 9.17) is 4.74 Å². The maximum atomic E-state index is 12.1. The van der Waals surface area contributed by atoms with Gasteiger partial charge in [0.15, 0.2) is 0 Å². The fourth-order valence-electron chi connectivity index (χ4n) is 3.24. The van der Waals surface area contributed by atoms with Gasteiger partial charge >= 0.3 is 0 Å². The van der Waals surface area contributed by atoms with Gasteiger partial charge in [0.25, 0.3) is 0 Å². The summed E-state index contributed by atoms with van der Waals surface area (Å²) in [6.45, 7) is 2.13. The molecular formula is C17H24N2O2. The molecule has 2 N–H and O–H groups in total. The van der Waals surface area contributed by atoms with Crippen LogP contribution < -0.4 is 10.6 Å². The van der Waals surface area contributed by atoms with Crippen molar-refractivity contribution < 1.29 is 9.53 Å². The molecule has 1 amide bonds. The van der Waals surface area contributed by atoms with Gasteiger partial charge in [0.2, 0.25) is 5.91 Å². The molecule has 1 aromatic rings. The summed E-state index contributed by atoms with van der Waals surface area (Å²) >= 11 is 0. The van der Waals surface area contributed by atoms with Crippen LogP contribution in [0.25, 0.3) is 0 Å². The largest absolute Gasteiger partial charge is 0.368 e. The first-order chi connectivity index (χ1) is 10.3. The highest BCUT2D eigenvalue weighted by Crippen LogP contribution is 2.27. The zero-order valence-corrected chi connectivity index (χ0v) is 12.5. The van der Waals surface area contributed by atoms with E-state index in [1.54, 1.807) is 0 Å². The minimum atomic E-state index is -0.0347. The molecule has 0 unspecified atom stereocenters. The summed E-state index contributed by atoms with van der Waals surface area (Å²) in [5.74, 6) is -0.0347. The number of rotatable bonds is 4. The van der Waals surface area contributed by atoms with Gasteiger partial charge in [-0.15, -0.1) is 0 Å². The van der Waals surface area contributed by atoms with Gasteiger partial charge in [-0.2, -0.15) is 0 Å². The number of hydrogen-bond donors (Lipinski definition) is 2. The van der Waals surface area contributed by atoms with Gasteiger partial charge in [0.1, 0.15) is 6.61 Å². The van der Waals surface area contributed by atoms with Gasteiger partial charge in [-0.1, -0.05) is 12.1 Å². The van der Waals surface area contributed by atoms with Crippen molar-refractivity contribution in [2.45, 2.75) is 44.6 Å². The van der Waals surface area contributed by atoms with Crippen molar-refractivity contribution in [2.24, 2.45) is 0 Å². The summed E-state index contributed by atoms with van der Waals surface area (Å²) in [6.07, 6.45) is 6.88. The Morgan fingerprint density at radius 1 is 1.24 bits per heavy atom. The van der Waals surface area contributed by atoms with Crippen molar-refractivity contribution in [3.05, 3.63) is 29.3 Å². The number of amides is 1. The van der Waals surface area contributed by atoms with Gasteiger partial charge < -0.3 is 15.4 Å². The maximum absolute atomic E-state index is 12.1. The Morgan fingerprint density at radius 2 is 2.05 bits per heavy atom. The summed E-state index contributed by atoms with van der Waals surface area (Å²) in [7, 11) is 0. The van der Waals surface area contributed by atoms with E-state index >= 15 is 0 Å². The van der Waals surface area contributed by atoms with Crippen LogP contribution in [0.15, 0.2) is 18.2 Å². The standard InChI is InChI=1S/C17H24N2O2/c20-17(12-21-14-8-10-18-11-9-14)19-16-7-3-5-13-4-1-2-6-15(13)16/h3,5,7,14,18H,1-2,4,6,8-12H2,(H,19,20). The molecule has 1 aliphatic carbocycles. The molecule has 3 rings (SSSR count). The average Bonchev–Trinajstić information content (AvgIpc) is 2.54. The Hall–Kier alpha value is -1.39. The van der Waals surface area contributed by atoms with Crippen LogP contribution in [0.1, 0.15) is 36.8 Å². The van der Waals surface area contributed by atoms with Crippen molar-refractivity contribution in [1.82, 2.24) is 5.32 Å². The summed E-state index contributed by atoms with van der Waals surface area (Å²) in [5, 5.41) is 6.33. The van der Waals surface area contributed by atoms with Gasteiger partial charge in [0.05, 0.1) is 6.10 Å². The lowest BCUT2D eigenvalue weighted by Crippen LogP contribution is -2.34. The molecule has 0 atom stereocenters. The molecule has 4 nitrogen and oxygen atoms in total. The molecule has 1 heterocycles. The number of hydrogen-bond acceptors (Lipinski definition) is 3. The van der Waals surface area contributed by atoms with Crippen molar-refractivity contribution >= 4 is 11.6 Å². The third kappa shape index (κ3) is 3.83. The van der Waals surface area contributed by atoms with E-state index in [-0.39, 0.29) is 18.6 Å². The van der Waals surface area contributed by atoms with Gasteiger partial charge in [0, 0.05) is 5.69 Å². The molecule has 1 aliphatic heterocycles. The van der Waals surface area contributed by atoms with Crippen LogP contribution in [-0.4, -0.2) is 31.7 Å². The van der Waals surface area contributed by atoms with Crippen LogP contribution in [0.3, 0.4) is 0 Å². The van der Waals surface area contributed by atoms with Gasteiger partial charge in [-0.05, 0) is 68.8 Å². The molecule has 0 radical (unpaired) electrons. The Morgan fingerprint density at radius 3 is 2.90 bits per heavy atom. The molecule has 1 saturated heterocycles. The summed E-state index contributed by atoms with van der Waals surface area (Å²) < 4.78 is 5.71. The minimum absolute atomic E-state index is 0.0347. The Kier molecular flexibility index (Phi) is 4.88. The average molecular weight is 288 g/mol. The van der Waals surface area contributed by atoms with E-state index in [9.17, 15) is 4.79 Å². The van der Waals surface area contributed by atoms with Crippen molar-refractivity contribution in [2.75, 3.05) is 25.0 Å². The summed E-state index contributed by atoms with van der Waals surface area (Å²) in [5.41, 5.74) is 3.68. The number of benzene rings is 1. The highest BCUT2D eigenvalue weighted by molar-refractivity contribution is 5.92. The Balaban J connectivity index is 1.55. The smallest absolute Gasteiger partial charge is 0.250 e. The van der Waals surface area contributed by atoms with E-state index in [0.717, 1.165) is 44.5 Å². The molecule has 1 fully saturated rings. The zero-order chi connectivity index (χ0) is 14.5. The quantitative estimate of drug-likeness (QED) is 0.893. The van der Waals surface area contributed by atoms with Crippen LogP contribution in [0.4, 0.5) is 5.69 Å². The first-order valence-corrected chi connectivity index (χ1v) is 8.06. The molecule has 21 heavy (non-hydrogen) atoms. The van der Waals surface area contributed by atoms with Crippen LogP contribution in [-0.2, 0) is 22.4 Å². The molecule has 4 heteroatoms. The number of nitrogens with one attached hydrogen (secondary N) is 2. The van der Waals surface area contributed by atoms with Crippen LogP contribution in [0.2, 0.25) is 0 Å². The number of carbonyl (C=O) groups excluding carboxylic acids is 1. The Bertz CT molecular complexity index is 496. The molecular weight excluding hydrogens is 264 g/mol. The first kappa shape index (κ1) is 14.5. The summed E-state index contributed by atoms with van der Waals surface area (Å²) in [6, 6.07) is 6.22. The summed E-state index contributed by atoms with van der Waals surface area (Å²) in [4.78, 5) is 12.1. The number of ether oxygens (including phenoxy) is 1. The molecule has 2 aliphatic rings. The van der Waals surface area contributed by atoms with E-state index in [2.05, 4.69) is 16.7 Å². The SMILES string of the molecule is O=C(COC1CCNCC1)Nc1cccc2c1CCCC2. The third-order valence-electron chi connectivity index (χ3n) is 4.41. The van der Waals surface area contributed by atoms with E-state index < -0.39 is 0 Å². The maximum Gasteiger partial charge on any atom is 0.250 e. The molecule has 114 valence electrons. The van der Waals surface area contributed by atoms with Crippen molar-refractivity contribution in [1.29, 1.82) is 0 Å². The molecule has 0 saturated carbocycles. The van der Waals surface area contributed by atoms with Crippen LogP contribution in [0, 0.1) is 0 Å². The number of carbonyl (C=O) groups is 1. The highest BCUT2D eigenvalue weighted by Gasteiger charge is 2.17. The van der Waals surface area contributed by atoms with E-state index in [0.29, 0.717) is 0 Å². The highest BCUT2D eigenvalue weighted by atomic mass is 16.5. The van der Waals surface area contributed by atoms with E-state index in [1.807, 2.05) is 12.1 Å². The van der Waals surface area contributed by atoms with Crippen LogP contribution in [0.5, 0.6) is 0 Å². The fraction of sp³-hybridized carbons (Fsp3) is 0.588. The fourth-order valence-corrected chi connectivity index (χ4v) is 3.24. The van der Waals surface area contributed by atoms with Crippen LogP contribution >= 0.6 is 0 Å². The van der Waals surface area contributed by atoms with E-state index in [1.165, 1.54) is 24.0 Å². The zero-order valence-electron chi connectivity index (χ0n) is 12.5.